The summed E-state index contributed by atoms with van der Waals surface area (Å²) in [6, 6.07) is 2.65. The smallest absolute Gasteiger partial charge is 0.0198 e. The van der Waals surface area contributed by atoms with Gasteiger partial charge in [0.15, 0.2) is 0 Å². The number of likely N-dealkylation sites (tertiary alicyclic amines) is 1. The summed E-state index contributed by atoms with van der Waals surface area (Å²) >= 11 is 0. The van der Waals surface area contributed by atoms with E-state index < -0.39 is 0 Å². The van der Waals surface area contributed by atoms with E-state index in [-0.39, 0.29) is 0 Å². The third-order valence-electron chi connectivity index (χ3n) is 4.38. The molecule has 3 atom stereocenters. The Morgan fingerprint density at radius 2 is 2.07 bits per heavy atom. The van der Waals surface area contributed by atoms with Crippen LogP contribution in [0.4, 0.5) is 0 Å². The largest absolute Gasteiger partial charge is 0.310 e. The summed E-state index contributed by atoms with van der Waals surface area (Å²) in [7, 11) is 0. The van der Waals surface area contributed by atoms with Crippen molar-refractivity contribution in [2.45, 2.75) is 63.6 Å². The first-order chi connectivity index (χ1) is 7.36. The highest BCUT2D eigenvalue weighted by atomic mass is 15.2. The van der Waals surface area contributed by atoms with Gasteiger partial charge in [-0.15, -0.1) is 0 Å². The molecule has 1 N–H and O–H groups in total. The Balaban J connectivity index is 1.48. The lowest BCUT2D eigenvalue weighted by molar-refractivity contribution is 0.174. The third kappa shape index (κ3) is 2.36. The van der Waals surface area contributed by atoms with E-state index >= 15 is 0 Å². The van der Waals surface area contributed by atoms with Crippen LogP contribution >= 0.6 is 0 Å². The standard InChI is InChI=1S/C13H24N2/c1-2-10-8-13(10)15-7-3-4-12(9-15)14-11-5-6-11/h10-14H,2-9H2,1H3. The van der Waals surface area contributed by atoms with E-state index in [0.717, 1.165) is 24.0 Å². The van der Waals surface area contributed by atoms with Crippen molar-refractivity contribution in [2.75, 3.05) is 13.1 Å². The van der Waals surface area contributed by atoms with Crippen LogP contribution in [0, 0.1) is 5.92 Å². The number of piperidine rings is 1. The maximum Gasteiger partial charge on any atom is 0.0198 e. The lowest BCUT2D eigenvalue weighted by Gasteiger charge is -2.33. The molecule has 86 valence electrons. The molecule has 1 saturated heterocycles. The molecule has 1 aliphatic heterocycles. The van der Waals surface area contributed by atoms with E-state index in [4.69, 9.17) is 0 Å². The molecule has 3 fully saturated rings. The quantitative estimate of drug-likeness (QED) is 0.760. The normalized spacial score (nSPS) is 41.8. The highest BCUT2D eigenvalue weighted by molar-refractivity contribution is 4.97. The van der Waals surface area contributed by atoms with Gasteiger partial charge in [0, 0.05) is 24.7 Å². The van der Waals surface area contributed by atoms with Crippen molar-refractivity contribution in [1.82, 2.24) is 10.2 Å². The summed E-state index contributed by atoms with van der Waals surface area (Å²) in [6.07, 6.45) is 8.55. The highest BCUT2D eigenvalue weighted by Crippen LogP contribution is 2.39. The minimum Gasteiger partial charge on any atom is -0.310 e. The summed E-state index contributed by atoms with van der Waals surface area (Å²) < 4.78 is 0. The maximum atomic E-state index is 3.80. The first-order valence-electron chi connectivity index (χ1n) is 6.87. The van der Waals surface area contributed by atoms with Crippen LogP contribution in [0.25, 0.3) is 0 Å². The van der Waals surface area contributed by atoms with Crippen molar-refractivity contribution >= 4 is 0 Å². The molecule has 1 heterocycles. The zero-order chi connectivity index (χ0) is 10.3. The molecule has 2 aliphatic carbocycles. The summed E-state index contributed by atoms with van der Waals surface area (Å²) in [5.41, 5.74) is 0. The first-order valence-corrected chi connectivity index (χ1v) is 6.87. The Hall–Kier alpha value is -0.0800. The zero-order valence-electron chi connectivity index (χ0n) is 9.91. The summed E-state index contributed by atoms with van der Waals surface area (Å²) in [5.74, 6) is 1.03. The Labute approximate surface area is 93.4 Å². The Kier molecular flexibility index (Phi) is 2.73. The van der Waals surface area contributed by atoms with E-state index in [0.29, 0.717) is 0 Å². The van der Waals surface area contributed by atoms with E-state index in [1.807, 2.05) is 0 Å². The monoisotopic (exact) mass is 208 g/mol. The van der Waals surface area contributed by atoms with E-state index in [9.17, 15) is 0 Å². The van der Waals surface area contributed by atoms with E-state index in [2.05, 4.69) is 17.1 Å². The Morgan fingerprint density at radius 3 is 2.73 bits per heavy atom. The van der Waals surface area contributed by atoms with Gasteiger partial charge in [-0.05, 0) is 44.6 Å². The van der Waals surface area contributed by atoms with Crippen LogP contribution in [0.15, 0.2) is 0 Å². The van der Waals surface area contributed by atoms with Gasteiger partial charge < -0.3 is 5.32 Å². The third-order valence-corrected chi connectivity index (χ3v) is 4.38. The number of nitrogens with zero attached hydrogens (tertiary/aromatic N) is 1. The zero-order valence-corrected chi connectivity index (χ0v) is 9.91. The first kappa shape index (κ1) is 10.1. The minimum absolute atomic E-state index is 0.810. The molecular weight excluding hydrogens is 184 g/mol. The van der Waals surface area contributed by atoms with Crippen LogP contribution in [0.5, 0.6) is 0 Å². The molecule has 2 nitrogen and oxygen atoms in total. The molecule has 0 spiro atoms. The van der Waals surface area contributed by atoms with Crippen LogP contribution in [-0.4, -0.2) is 36.1 Å². The molecule has 0 bridgehead atoms. The number of hydrogen-bond acceptors (Lipinski definition) is 2. The fourth-order valence-corrected chi connectivity index (χ4v) is 3.14. The topological polar surface area (TPSA) is 15.3 Å². The van der Waals surface area contributed by atoms with E-state index in [1.54, 1.807) is 0 Å². The van der Waals surface area contributed by atoms with Gasteiger partial charge in [-0.2, -0.15) is 0 Å². The molecule has 2 heteroatoms. The van der Waals surface area contributed by atoms with Crippen molar-refractivity contribution in [3.05, 3.63) is 0 Å². The van der Waals surface area contributed by atoms with Crippen molar-refractivity contribution in [3.63, 3.8) is 0 Å². The van der Waals surface area contributed by atoms with Crippen LogP contribution in [0.2, 0.25) is 0 Å². The van der Waals surface area contributed by atoms with Gasteiger partial charge in [0.05, 0.1) is 0 Å². The lowest BCUT2D eigenvalue weighted by atomic mass is 10.1. The fourth-order valence-electron chi connectivity index (χ4n) is 3.14. The molecule has 0 aromatic carbocycles. The second kappa shape index (κ2) is 4.06. The molecule has 15 heavy (non-hydrogen) atoms. The highest BCUT2D eigenvalue weighted by Gasteiger charge is 2.41. The summed E-state index contributed by atoms with van der Waals surface area (Å²) in [5, 5.41) is 3.80. The van der Waals surface area contributed by atoms with Crippen molar-refractivity contribution in [3.8, 4) is 0 Å². The van der Waals surface area contributed by atoms with Crippen LogP contribution < -0.4 is 5.32 Å². The fraction of sp³-hybridized carbons (Fsp3) is 1.00. The van der Waals surface area contributed by atoms with Gasteiger partial charge >= 0.3 is 0 Å². The van der Waals surface area contributed by atoms with Crippen molar-refractivity contribution in [1.29, 1.82) is 0 Å². The molecule has 2 saturated carbocycles. The van der Waals surface area contributed by atoms with Gasteiger partial charge in [-0.1, -0.05) is 13.3 Å². The average molecular weight is 208 g/mol. The average Bonchev–Trinajstić information content (AvgIpc) is 3.13. The predicted octanol–water partition coefficient (Wildman–Crippen LogP) is 2.00. The van der Waals surface area contributed by atoms with Crippen molar-refractivity contribution in [2.24, 2.45) is 5.92 Å². The van der Waals surface area contributed by atoms with Gasteiger partial charge in [-0.25, -0.2) is 0 Å². The minimum atomic E-state index is 0.810. The number of hydrogen-bond donors (Lipinski definition) is 1. The van der Waals surface area contributed by atoms with Crippen molar-refractivity contribution < 1.29 is 0 Å². The van der Waals surface area contributed by atoms with E-state index in [1.165, 1.54) is 51.6 Å². The number of rotatable bonds is 4. The second-order valence-corrected chi connectivity index (χ2v) is 5.75. The van der Waals surface area contributed by atoms with Crippen LogP contribution in [0.3, 0.4) is 0 Å². The number of nitrogens with one attached hydrogen (secondary N) is 1. The van der Waals surface area contributed by atoms with Crippen LogP contribution in [-0.2, 0) is 0 Å². The molecular formula is C13H24N2. The molecule has 3 aliphatic rings. The molecule has 0 aromatic heterocycles. The van der Waals surface area contributed by atoms with Crippen LogP contribution in [0.1, 0.15) is 45.4 Å². The predicted molar refractivity (Wildman–Crippen MR) is 62.9 cm³/mol. The molecule has 0 aromatic rings. The van der Waals surface area contributed by atoms with Gasteiger partial charge in [-0.3, -0.25) is 4.90 Å². The molecule has 0 amide bonds. The second-order valence-electron chi connectivity index (χ2n) is 5.75. The lowest BCUT2D eigenvalue weighted by Crippen LogP contribution is -2.47. The Bertz CT molecular complexity index is 225. The summed E-state index contributed by atoms with van der Waals surface area (Å²) in [4.78, 5) is 2.76. The molecule has 3 rings (SSSR count). The SMILES string of the molecule is CCC1CC1N1CCCC(NC2CC2)C1. The van der Waals surface area contributed by atoms with Gasteiger partial charge in [0.2, 0.25) is 0 Å². The van der Waals surface area contributed by atoms with Gasteiger partial charge in [0.25, 0.3) is 0 Å². The maximum absolute atomic E-state index is 3.80. The van der Waals surface area contributed by atoms with Gasteiger partial charge in [0.1, 0.15) is 0 Å². The summed E-state index contributed by atoms with van der Waals surface area (Å²) in [6.45, 7) is 5.04. The molecule has 3 unspecified atom stereocenters. The molecule has 0 radical (unpaired) electrons. The Morgan fingerprint density at radius 1 is 1.20 bits per heavy atom.